The van der Waals surface area contributed by atoms with Crippen LogP contribution in [0, 0.1) is 23.6 Å². The number of carbonyl (C=O) groups is 4. The lowest BCUT2D eigenvalue weighted by molar-refractivity contribution is -0.138. The number of piperazine rings is 1. The Morgan fingerprint density at radius 2 is 1.77 bits per heavy atom. The molecule has 0 bridgehead atoms. The first kappa shape index (κ1) is 35.7. The molecule has 5 rings (SSSR count). The summed E-state index contributed by atoms with van der Waals surface area (Å²) in [6.07, 6.45) is 5.05. The van der Waals surface area contributed by atoms with Crippen molar-refractivity contribution in [2.24, 2.45) is 17.8 Å². The summed E-state index contributed by atoms with van der Waals surface area (Å²) in [6, 6.07) is 3.63. The summed E-state index contributed by atoms with van der Waals surface area (Å²) < 4.78 is 26.3. The predicted octanol–water partition coefficient (Wildman–Crippen LogP) is 4.53. The van der Waals surface area contributed by atoms with Gasteiger partial charge in [0, 0.05) is 50.9 Å². The van der Waals surface area contributed by atoms with E-state index in [1.54, 1.807) is 24.8 Å². The first-order valence-corrected chi connectivity index (χ1v) is 17.3. The number of benzene rings is 1. The summed E-state index contributed by atoms with van der Waals surface area (Å²) in [5.74, 6) is -2.41. The van der Waals surface area contributed by atoms with Gasteiger partial charge in [0.25, 0.3) is 0 Å². The van der Waals surface area contributed by atoms with E-state index in [9.17, 15) is 19.2 Å². The molecule has 3 fully saturated rings. The van der Waals surface area contributed by atoms with Crippen LogP contribution >= 0.6 is 0 Å². The number of nitrogens with zero attached hydrogens (tertiary/aromatic N) is 3. The number of likely N-dealkylation sites (N-methyl/N-ethyl adjacent to an activating group) is 1. The molecule has 11 nitrogen and oxygen atoms in total. The van der Waals surface area contributed by atoms with Crippen LogP contribution in [0.5, 0.6) is 0 Å². The van der Waals surface area contributed by atoms with Crippen molar-refractivity contribution in [2.75, 3.05) is 51.8 Å². The van der Waals surface area contributed by atoms with Crippen molar-refractivity contribution in [3.8, 4) is 0 Å². The van der Waals surface area contributed by atoms with Gasteiger partial charge >= 0.3 is 0 Å². The van der Waals surface area contributed by atoms with Crippen LogP contribution in [-0.4, -0.2) is 90.9 Å². The average Bonchev–Trinajstić information content (AvgIpc) is 3.56. The molecule has 2 aromatic rings. The lowest BCUT2D eigenvalue weighted by Crippen LogP contribution is -2.55. The molecule has 262 valence electrons. The third kappa shape index (κ3) is 7.97. The third-order valence-corrected chi connectivity index (χ3v) is 10.7. The molecule has 48 heavy (non-hydrogen) atoms. The monoisotopic (exact) mass is 667 g/mol. The van der Waals surface area contributed by atoms with Crippen LogP contribution in [0.2, 0.25) is 0 Å². The molecule has 1 aliphatic carbocycles. The highest BCUT2D eigenvalue weighted by atomic mass is 19.1. The number of ketones is 1. The molecule has 1 saturated carbocycles. The minimum atomic E-state index is -0.860. The summed E-state index contributed by atoms with van der Waals surface area (Å²) in [4.78, 5) is 57.5. The number of halogens is 1. The molecule has 3 aliphatic rings. The van der Waals surface area contributed by atoms with Crippen LogP contribution in [0.25, 0.3) is 0 Å². The van der Waals surface area contributed by atoms with Crippen molar-refractivity contribution < 1.29 is 32.8 Å². The number of rotatable bonds is 12. The van der Waals surface area contributed by atoms with Gasteiger partial charge in [-0.1, -0.05) is 44.8 Å². The van der Waals surface area contributed by atoms with Gasteiger partial charge in [-0.3, -0.25) is 19.2 Å². The van der Waals surface area contributed by atoms with Crippen LogP contribution in [0.3, 0.4) is 0 Å². The number of aromatic nitrogens is 1. The summed E-state index contributed by atoms with van der Waals surface area (Å²) in [5, 5.41) is 9.74. The second-order valence-electron chi connectivity index (χ2n) is 14.4. The Labute approximate surface area is 282 Å². The van der Waals surface area contributed by atoms with Crippen LogP contribution in [0.4, 0.5) is 10.1 Å². The zero-order valence-electron chi connectivity index (χ0n) is 28.9. The topological polar surface area (TPSA) is 134 Å². The van der Waals surface area contributed by atoms with Crippen molar-refractivity contribution in [2.45, 2.75) is 83.6 Å². The molecular weight excluding hydrogens is 617 g/mol. The fourth-order valence-electron chi connectivity index (χ4n) is 7.12. The van der Waals surface area contributed by atoms with E-state index in [-0.39, 0.29) is 42.0 Å². The number of carbonyl (C=O) groups excluding carboxylic acids is 4. The van der Waals surface area contributed by atoms with Crippen molar-refractivity contribution in [1.29, 1.82) is 0 Å². The van der Waals surface area contributed by atoms with Gasteiger partial charge in [0.15, 0.2) is 5.78 Å². The van der Waals surface area contributed by atoms with Gasteiger partial charge in [-0.2, -0.15) is 0 Å². The Morgan fingerprint density at radius 3 is 2.38 bits per heavy atom. The standard InChI is InChI=1S/C36H50FN5O6/c1-6-31(44)39-32(35(46)42-15-13-41(5)14-16-42)23(3)25-11-12-29(28(37)17-25)38-34(45)26(24-9-7-22(2)8-10-24)18-30(43)27-19-48-40-33(27)36(4)20-47-21-36/h11-12,17,19,22-24,26,32H,6-10,13-16,18,20-21H2,1-5H3,(H,38,45)(H,39,44)/t22?,23-,24?,26-,32+/m0/s1. The summed E-state index contributed by atoms with van der Waals surface area (Å²) >= 11 is 0. The molecular formula is C36H50FN5O6. The molecule has 1 aromatic carbocycles. The first-order valence-electron chi connectivity index (χ1n) is 17.3. The Bertz CT molecular complexity index is 1470. The van der Waals surface area contributed by atoms with Gasteiger partial charge in [-0.15, -0.1) is 0 Å². The second kappa shape index (κ2) is 15.3. The molecule has 3 amide bonds. The largest absolute Gasteiger partial charge is 0.379 e. The normalized spacial score (nSPS) is 23.0. The number of amides is 3. The molecule has 2 aliphatic heterocycles. The van der Waals surface area contributed by atoms with Crippen molar-refractivity contribution in [3.05, 3.63) is 47.1 Å². The Morgan fingerprint density at radius 1 is 1.08 bits per heavy atom. The Balaban J connectivity index is 1.32. The maximum absolute atomic E-state index is 15.7. The van der Waals surface area contributed by atoms with E-state index in [1.807, 2.05) is 14.0 Å². The second-order valence-corrected chi connectivity index (χ2v) is 14.4. The van der Waals surface area contributed by atoms with Crippen molar-refractivity contribution in [3.63, 3.8) is 0 Å². The maximum atomic E-state index is 15.7. The number of hydrogen-bond acceptors (Lipinski definition) is 8. The molecule has 0 radical (unpaired) electrons. The molecule has 2 saturated heterocycles. The maximum Gasteiger partial charge on any atom is 0.245 e. The summed E-state index contributed by atoms with van der Waals surface area (Å²) in [6.45, 7) is 11.1. The molecule has 0 unspecified atom stereocenters. The van der Waals surface area contributed by atoms with E-state index in [2.05, 4.69) is 27.6 Å². The van der Waals surface area contributed by atoms with Crippen LogP contribution in [0.1, 0.15) is 93.8 Å². The van der Waals surface area contributed by atoms with E-state index in [0.29, 0.717) is 49.0 Å². The average molecular weight is 668 g/mol. The molecule has 3 heterocycles. The van der Waals surface area contributed by atoms with E-state index in [0.717, 1.165) is 38.8 Å². The molecule has 3 atom stereocenters. The number of ether oxygens (including phenoxy) is 1. The van der Waals surface area contributed by atoms with E-state index in [1.165, 1.54) is 18.4 Å². The van der Waals surface area contributed by atoms with Crippen LogP contribution in [-0.2, 0) is 24.5 Å². The number of Topliss-reactive ketones (excluding diaryl/α,β-unsaturated/α-hetero) is 1. The lowest BCUT2D eigenvalue weighted by atomic mass is 9.73. The first-order chi connectivity index (χ1) is 22.9. The SMILES string of the molecule is CCC(=O)N[C@@H](C(=O)N1CCN(C)CC1)[C@@H](C)c1ccc(NC(=O)[C@@H](CC(=O)c2conc2C2(C)COC2)C2CCC(C)CC2)c(F)c1. The smallest absolute Gasteiger partial charge is 0.245 e. The van der Waals surface area contributed by atoms with Gasteiger partial charge in [-0.05, 0) is 56.3 Å². The van der Waals surface area contributed by atoms with Crippen LogP contribution < -0.4 is 10.6 Å². The zero-order valence-corrected chi connectivity index (χ0v) is 28.9. The summed E-state index contributed by atoms with van der Waals surface area (Å²) in [5.41, 5.74) is 1.03. The van der Waals surface area contributed by atoms with E-state index in [4.69, 9.17) is 9.26 Å². The summed E-state index contributed by atoms with van der Waals surface area (Å²) in [7, 11) is 2.00. The van der Waals surface area contributed by atoms with Gasteiger partial charge in [0.2, 0.25) is 17.7 Å². The number of anilines is 1. The predicted molar refractivity (Wildman–Crippen MR) is 178 cm³/mol. The molecule has 12 heteroatoms. The van der Waals surface area contributed by atoms with Crippen molar-refractivity contribution >= 4 is 29.2 Å². The zero-order chi connectivity index (χ0) is 34.6. The fourth-order valence-corrected chi connectivity index (χ4v) is 7.12. The number of nitrogens with one attached hydrogen (secondary N) is 2. The quantitative estimate of drug-likeness (QED) is 0.316. The highest BCUT2D eigenvalue weighted by Crippen LogP contribution is 2.38. The van der Waals surface area contributed by atoms with E-state index >= 15 is 4.39 Å². The van der Waals surface area contributed by atoms with Gasteiger partial charge in [0.05, 0.1) is 29.9 Å². The van der Waals surface area contributed by atoms with Gasteiger partial charge < -0.3 is 29.7 Å². The Hall–Kier alpha value is -3.64. The molecule has 2 N–H and O–H groups in total. The van der Waals surface area contributed by atoms with Gasteiger partial charge in [0.1, 0.15) is 23.8 Å². The minimum Gasteiger partial charge on any atom is -0.379 e. The van der Waals surface area contributed by atoms with Crippen molar-refractivity contribution in [1.82, 2.24) is 20.3 Å². The number of hydrogen-bond donors (Lipinski definition) is 2. The molecule has 0 spiro atoms. The van der Waals surface area contributed by atoms with Crippen LogP contribution in [0.15, 0.2) is 29.0 Å². The Kier molecular flexibility index (Phi) is 11.4. The van der Waals surface area contributed by atoms with Gasteiger partial charge in [-0.25, -0.2) is 4.39 Å². The molecule has 1 aromatic heterocycles. The fraction of sp³-hybridized carbons (Fsp3) is 0.639. The van der Waals surface area contributed by atoms with E-state index < -0.39 is 35.0 Å². The highest BCUT2D eigenvalue weighted by Gasteiger charge is 2.42. The highest BCUT2D eigenvalue weighted by molar-refractivity contribution is 6.02. The third-order valence-electron chi connectivity index (χ3n) is 10.7. The lowest BCUT2D eigenvalue weighted by Gasteiger charge is -2.36. The minimum absolute atomic E-state index is 0.00177.